The Morgan fingerprint density at radius 2 is 2.15 bits per heavy atom. The molecule has 0 aliphatic carbocycles. The van der Waals surface area contributed by atoms with Crippen LogP contribution in [0, 0.1) is 6.92 Å². The van der Waals surface area contributed by atoms with Gasteiger partial charge in [-0.3, -0.25) is 9.88 Å². The van der Waals surface area contributed by atoms with E-state index in [1.165, 1.54) is 0 Å². The molecule has 0 amide bonds. The molecule has 1 aliphatic rings. The number of β-amino-alcohol motifs (C(OH)–C–C–N with tert-alkyl or cyclic N) is 1. The molecule has 112 valence electrons. The minimum absolute atomic E-state index is 0.138. The Bertz CT molecular complexity index is 474. The highest BCUT2D eigenvalue weighted by Gasteiger charge is 2.51. The van der Waals surface area contributed by atoms with Crippen LogP contribution < -0.4 is 0 Å². The maximum Gasteiger partial charge on any atom is 0.418 e. The van der Waals surface area contributed by atoms with Crippen LogP contribution >= 0.6 is 0 Å². The maximum absolute atomic E-state index is 12.7. The van der Waals surface area contributed by atoms with E-state index < -0.39 is 18.3 Å². The van der Waals surface area contributed by atoms with Crippen LogP contribution in [0.1, 0.15) is 30.5 Å². The van der Waals surface area contributed by atoms with Crippen LogP contribution in [0.15, 0.2) is 18.3 Å². The first kappa shape index (κ1) is 15.3. The SMILES string of the molecule is Cc1ccnc([C@H]2CCN(C[C@](C)(O)C(F)(F)F)C2)c1. The monoisotopic (exact) mass is 288 g/mol. The number of aliphatic hydroxyl groups is 1. The predicted molar refractivity (Wildman–Crippen MR) is 69.5 cm³/mol. The molecule has 1 saturated heterocycles. The van der Waals surface area contributed by atoms with E-state index in [0.717, 1.165) is 24.6 Å². The first-order valence-electron chi connectivity index (χ1n) is 6.63. The molecule has 20 heavy (non-hydrogen) atoms. The van der Waals surface area contributed by atoms with Crippen LogP contribution in [0.3, 0.4) is 0 Å². The number of aryl methyl sites for hydroxylation is 1. The third-order valence-electron chi connectivity index (χ3n) is 3.77. The number of nitrogens with zero attached hydrogens (tertiary/aromatic N) is 2. The fourth-order valence-corrected chi connectivity index (χ4v) is 2.53. The van der Waals surface area contributed by atoms with E-state index in [1.807, 2.05) is 19.1 Å². The molecule has 2 atom stereocenters. The Labute approximate surface area is 116 Å². The predicted octanol–water partition coefficient (Wildman–Crippen LogP) is 2.49. The Hall–Kier alpha value is -1.14. The standard InChI is InChI=1S/C14H19F3N2O/c1-10-3-5-18-12(7-10)11-4-6-19(8-11)9-13(2,20)14(15,16)17/h3,5,7,11,20H,4,6,8-9H2,1-2H3/t11-,13-/m0/s1. The van der Waals surface area contributed by atoms with Gasteiger partial charge in [0.2, 0.25) is 0 Å². The van der Waals surface area contributed by atoms with Crippen LogP contribution in [-0.2, 0) is 0 Å². The molecule has 0 spiro atoms. The normalized spacial score (nSPS) is 23.8. The number of likely N-dealkylation sites (tertiary alicyclic amines) is 1. The zero-order chi connectivity index (χ0) is 15.0. The van der Waals surface area contributed by atoms with E-state index >= 15 is 0 Å². The molecule has 1 N–H and O–H groups in total. The van der Waals surface area contributed by atoms with Crippen molar-refractivity contribution in [2.45, 2.75) is 38.0 Å². The number of aromatic nitrogens is 1. The van der Waals surface area contributed by atoms with Crippen molar-refractivity contribution in [3.8, 4) is 0 Å². The number of hydrogen-bond acceptors (Lipinski definition) is 3. The number of pyridine rings is 1. The fraction of sp³-hybridized carbons (Fsp3) is 0.643. The first-order valence-corrected chi connectivity index (χ1v) is 6.63. The highest BCUT2D eigenvalue weighted by atomic mass is 19.4. The van der Waals surface area contributed by atoms with Gasteiger partial charge in [0.05, 0.1) is 0 Å². The van der Waals surface area contributed by atoms with Crippen LogP contribution in [0.25, 0.3) is 0 Å². The van der Waals surface area contributed by atoms with Crippen molar-refractivity contribution < 1.29 is 18.3 Å². The lowest BCUT2D eigenvalue weighted by atomic mass is 10.0. The molecule has 0 unspecified atom stereocenters. The molecule has 1 aromatic heterocycles. The highest BCUT2D eigenvalue weighted by Crippen LogP contribution is 2.33. The molecule has 0 radical (unpaired) electrons. The van der Waals surface area contributed by atoms with Gasteiger partial charge in [-0.05, 0) is 44.5 Å². The number of halogens is 3. The van der Waals surface area contributed by atoms with Crippen molar-refractivity contribution in [1.29, 1.82) is 0 Å². The quantitative estimate of drug-likeness (QED) is 0.928. The summed E-state index contributed by atoms with van der Waals surface area (Å²) in [6, 6.07) is 3.86. The summed E-state index contributed by atoms with van der Waals surface area (Å²) in [5, 5.41) is 9.53. The van der Waals surface area contributed by atoms with Gasteiger partial charge in [0.25, 0.3) is 0 Å². The fourth-order valence-electron chi connectivity index (χ4n) is 2.53. The zero-order valence-electron chi connectivity index (χ0n) is 11.6. The van der Waals surface area contributed by atoms with E-state index in [0.29, 0.717) is 13.1 Å². The molecule has 1 fully saturated rings. The van der Waals surface area contributed by atoms with E-state index in [-0.39, 0.29) is 5.92 Å². The molecule has 1 aliphatic heterocycles. The van der Waals surface area contributed by atoms with Crippen LogP contribution in [0.5, 0.6) is 0 Å². The smallest absolute Gasteiger partial charge is 0.380 e. The van der Waals surface area contributed by atoms with Crippen molar-refractivity contribution in [3.63, 3.8) is 0 Å². The topological polar surface area (TPSA) is 36.4 Å². The molecule has 0 aromatic carbocycles. The second-order valence-electron chi connectivity index (χ2n) is 5.75. The minimum Gasteiger partial charge on any atom is -0.380 e. The highest BCUT2D eigenvalue weighted by molar-refractivity contribution is 5.19. The van der Waals surface area contributed by atoms with Gasteiger partial charge in [-0.25, -0.2) is 0 Å². The van der Waals surface area contributed by atoms with Crippen molar-refractivity contribution in [3.05, 3.63) is 29.6 Å². The average Bonchev–Trinajstić information content (AvgIpc) is 2.75. The zero-order valence-corrected chi connectivity index (χ0v) is 11.6. The van der Waals surface area contributed by atoms with E-state index in [9.17, 15) is 18.3 Å². The molecule has 2 heterocycles. The van der Waals surface area contributed by atoms with Crippen molar-refractivity contribution in [2.75, 3.05) is 19.6 Å². The second-order valence-corrected chi connectivity index (χ2v) is 5.75. The molecule has 2 rings (SSSR count). The molecule has 0 bridgehead atoms. The Morgan fingerprint density at radius 1 is 1.45 bits per heavy atom. The lowest BCUT2D eigenvalue weighted by molar-refractivity contribution is -0.256. The maximum atomic E-state index is 12.7. The van der Waals surface area contributed by atoms with Gasteiger partial charge in [0, 0.05) is 30.9 Å². The average molecular weight is 288 g/mol. The van der Waals surface area contributed by atoms with Crippen LogP contribution in [0.4, 0.5) is 13.2 Å². The summed E-state index contributed by atoms with van der Waals surface area (Å²) in [4.78, 5) is 5.94. The number of rotatable bonds is 3. The summed E-state index contributed by atoms with van der Waals surface area (Å²) in [5.41, 5.74) is -0.656. The largest absolute Gasteiger partial charge is 0.418 e. The molecule has 3 nitrogen and oxygen atoms in total. The molecule has 0 saturated carbocycles. The summed E-state index contributed by atoms with van der Waals surface area (Å²) in [6.45, 7) is 3.45. The lowest BCUT2D eigenvalue weighted by Crippen LogP contribution is -2.50. The van der Waals surface area contributed by atoms with Gasteiger partial charge in [0.15, 0.2) is 5.60 Å². The van der Waals surface area contributed by atoms with Crippen LogP contribution in [0.2, 0.25) is 0 Å². The minimum atomic E-state index is -4.60. The number of alkyl halides is 3. The van der Waals surface area contributed by atoms with Crippen molar-refractivity contribution >= 4 is 0 Å². The Balaban J connectivity index is 2.00. The van der Waals surface area contributed by atoms with Gasteiger partial charge in [-0.1, -0.05) is 0 Å². The molecule has 6 heteroatoms. The Morgan fingerprint density at radius 3 is 2.75 bits per heavy atom. The van der Waals surface area contributed by atoms with E-state index in [2.05, 4.69) is 4.98 Å². The van der Waals surface area contributed by atoms with Gasteiger partial charge >= 0.3 is 6.18 Å². The number of hydrogen-bond donors (Lipinski definition) is 1. The second kappa shape index (κ2) is 5.33. The summed E-state index contributed by atoms with van der Waals surface area (Å²) in [7, 11) is 0. The third-order valence-corrected chi connectivity index (χ3v) is 3.77. The van der Waals surface area contributed by atoms with Crippen molar-refractivity contribution in [2.24, 2.45) is 0 Å². The molecular formula is C14H19F3N2O. The van der Waals surface area contributed by atoms with E-state index in [4.69, 9.17) is 0 Å². The van der Waals surface area contributed by atoms with Crippen LogP contribution in [-0.4, -0.2) is 46.4 Å². The van der Waals surface area contributed by atoms with Crippen molar-refractivity contribution in [1.82, 2.24) is 9.88 Å². The first-order chi connectivity index (χ1) is 9.19. The summed E-state index contributed by atoms with van der Waals surface area (Å²) < 4.78 is 38.0. The summed E-state index contributed by atoms with van der Waals surface area (Å²) in [6.07, 6.45) is -2.11. The van der Waals surface area contributed by atoms with Gasteiger partial charge in [0.1, 0.15) is 0 Å². The van der Waals surface area contributed by atoms with Gasteiger partial charge in [-0.15, -0.1) is 0 Å². The van der Waals surface area contributed by atoms with E-state index in [1.54, 1.807) is 11.1 Å². The summed E-state index contributed by atoms with van der Waals surface area (Å²) in [5.74, 6) is 0.138. The Kier molecular flexibility index (Phi) is 4.07. The molecule has 1 aromatic rings. The molecular weight excluding hydrogens is 269 g/mol. The van der Waals surface area contributed by atoms with Gasteiger partial charge in [-0.2, -0.15) is 13.2 Å². The summed E-state index contributed by atoms with van der Waals surface area (Å²) >= 11 is 0. The van der Waals surface area contributed by atoms with Gasteiger partial charge < -0.3 is 5.11 Å². The lowest BCUT2D eigenvalue weighted by Gasteiger charge is -2.30. The third kappa shape index (κ3) is 3.30.